The Morgan fingerprint density at radius 3 is 2.69 bits per heavy atom. The van der Waals surface area contributed by atoms with E-state index in [1.807, 2.05) is 12.1 Å². The first-order valence-electron chi connectivity index (χ1n) is 4.49. The maximum atomic E-state index is 6.03. The van der Waals surface area contributed by atoms with E-state index in [9.17, 15) is 0 Å². The van der Waals surface area contributed by atoms with Crippen molar-refractivity contribution in [3.8, 4) is 0 Å². The van der Waals surface area contributed by atoms with Crippen LogP contribution in [0.2, 0.25) is 5.02 Å². The summed E-state index contributed by atoms with van der Waals surface area (Å²) >= 11 is 5.87. The lowest BCUT2D eigenvalue weighted by Gasteiger charge is -2.13. The third kappa shape index (κ3) is 1.79. The molecule has 1 aromatic carbocycles. The number of nitrogens with two attached hydrogens (primary N) is 2. The number of hydrogen-bond donors (Lipinski definition) is 2. The summed E-state index contributed by atoms with van der Waals surface area (Å²) in [6.07, 6.45) is 2.43. The minimum Gasteiger partial charge on any atom is -0.398 e. The van der Waals surface area contributed by atoms with Crippen molar-refractivity contribution in [2.24, 2.45) is 11.7 Å². The molecule has 13 heavy (non-hydrogen) atoms. The Morgan fingerprint density at radius 1 is 1.38 bits per heavy atom. The minimum absolute atomic E-state index is 0.0682. The first-order valence-corrected chi connectivity index (χ1v) is 4.87. The molecule has 2 nitrogen and oxygen atoms in total. The molecule has 0 heterocycles. The van der Waals surface area contributed by atoms with Crippen molar-refractivity contribution in [2.75, 3.05) is 5.73 Å². The maximum absolute atomic E-state index is 6.03. The van der Waals surface area contributed by atoms with Gasteiger partial charge in [0, 0.05) is 16.8 Å². The van der Waals surface area contributed by atoms with Crippen LogP contribution in [0.4, 0.5) is 5.69 Å². The van der Waals surface area contributed by atoms with E-state index in [1.54, 1.807) is 6.07 Å². The van der Waals surface area contributed by atoms with Crippen molar-refractivity contribution in [1.29, 1.82) is 0 Å². The van der Waals surface area contributed by atoms with Gasteiger partial charge in [0.1, 0.15) is 0 Å². The van der Waals surface area contributed by atoms with Gasteiger partial charge in [-0.15, -0.1) is 0 Å². The lowest BCUT2D eigenvalue weighted by molar-refractivity contribution is 0.635. The number of halogens is 1. The summed E-state index contributed by atoms with van der Waals surface area (Å²) in [4.78, 5) is 0. The zero-order valence-corrected chi connectivity index (χ0v) is 8.09. The van der Waals surface area contributed by atoms with Crippen molar-refractivity contribution in [2.45, 2.75) is 18.9 Å². The van der Waals surface area contributed by atoms with Crippen LogP contribution in [0, 0.1) is 5.92 Å². The fourth-order valence-corrected chi connectivity index (χ4v) is 1.72. The number of rotatable bonds is 2. The Kier molecular flexibility index (Phi) is 2.18. The smallest absolute Gasteiger partial charge is 0.0410 e. The summed E-state index contributed by atoms with van der Waals surface area (Å²) in [5.41, 5.74) is 13.6. The van der Waals surface area contributed by atoms with E-state index in [0.29, 0.717) is 10.9 Å². The topological polar surface area (TPSA) is 52.0 Å². The van der Waals surface area contributed by atoms with Gasteiger partial charge in [0.25, 0.3) is 0 Å². The first-order chi connectivity index (χ1) is 6.18. The van der Waals surface area contributed by atoms with Crippen molar-refractivity contribution < 1.29 is 0 Å². The van der Waals surface area contributed by atoms with Gasteiger partial charge < -0.3 is 11.5 Å². The van der Waals surface area contributed by atoms with Gasteiger partial charge in [-0.25, -0.2) is 0 Å². The highest BCUT2D eigenvalue weighted by Gasteiger charge is 2.30. The molecule has 1 aliphatic carbocycles. The number of nitrogen functional groups attached to an aromatic ring is 1. The Labute approximate surface area is 82.9 Å². The van der Waals surface area contributed by atoms with Gasteiger partial charge in [-0.05, 0) is 42.5 Å². The van der Waals surface area contributed by atoms with Gasteiger partial charge in [0.2, 0.25) is 0 Å². The van der Waals surface area contributed by atoms with E-state index in [-0.39, 0.29) is 6.04 Å². The largest absolute Gasteiger partial charge is 0.398 e. The second-order valence-corrected chi connectivity index (χ2v) is 4.07. The molecule has 0 saturated heterocycles. The van der Waals surface area contributed by atoms with Crippen molar-refractivity contribution in [1.82, 2.24) is 0 Å². The highest BCUT2D eigenvalue weighted by atomic mass is 35.5. The summed E-state index contributed by atoms with van der Waals surface area (Å²) in [7, 11) is 0. The molecule has 1 atom stereocenters. The molecular formula is C10H13ClN2. The van der Waals surface area contributed by atoms with Crippen LogP contribution < -0.4 is 11.5 Å². The summed E-state index contributed by atoms with van der Waals surface area (Å²) in [5, 5.41) is 0.709. The summed E-state index contributed by atoms with van der Waals surface area (Å²) in [5.74, 6) is 0.612. The predicted octanol–water partition coefficient (Wildman–Crippen LogP) is 2.33. The van der Waals surface area contributed by atoms with Crippen molar-refractivity contribution >= 4 is 17.3 Å². The van der Waals surface area contributed by atoms with Gasteiger partial charge in [0.05, 0.1) is 0 Å². The van der Waals surface area contributed by atoms with Gasteiger partial charge in [-0.2, -0.15) is 0 Å². The van der Waals surface area contributed by atoms with Gasteiger partial charge in [0.15, 0.2) is 0 Å². The van der Waals surface area contributed by atoms with E-state index < -0.39 is 0 Å². The zero-order valence-electron chi connectivity index (χ0n) is 7.33. The molecule has 4 N–H and O–H groups in total. The molecule has 0 aliphatic heterocycles. The van der Waals surface area contributed by atoms with Crippen LogP contribution in [0.3, 0.4) is 0 Å². The zero-order chi connectivity index (χ0) is 9.42. The van der Waals surface area contributed by atoms with Gasteiger partial charge >= 0.3 is 0 Å². The van der Waals surface area contributed by atoms with E-state index in [2.05, 4.69) is 0 Å². The molecule has 0 spiro atoms. The van der Waals surface area contributed by atoms with E-state index >= 15 is 0 Å². The molecule has 1 unspecified atom stereocenters. The lowest BCUT2D eigenvalue weighted by atomic mass is 10.0. The molecule has 70 valence electrons. The van der Waals surface area contributed by atoms with Crippen LogP contribution in [-0.2, 0) is 0 Å². The van der Waals surface area contributed by atoms with Crippen LogP contribution >= 0.6 is 11.6 Å². The third-order valence-corrected chi connectivity index (χ3v) is 2.77. The normalized spacial score (nSPS) is 18.6. The Morgan fingerprint density at radius 2 is 2.08 bits per heavy atom. The molecule has 0 bridgehead atoms. The third-order valence-electron chi connectivity index (χ3n) is 2.54. The van der Waals surface area contributed by atoms with Crippen LogP contribution in [0.25, 0.3) is 0 Å². The number of anilines is 1. The van der Waals surface area contributed by atoms with E-state index in [4.69, 9.17) is 23.1 Å². The molecule has 0 amide bonds. The molecule has 3 heteroatoms. The summed E-state index contributed by atoms with van der Waals surface area (Å²) < 4.78 is 0. The highest BCUT2D eigenvalue weighted by Crippen LogP contribution is 2.41. The predicted molar refractivity (Wildman–Crippen MR) is 55.5 cm³/mol. The average molecular weight is 197 g/mol. The molecule has 1 saturated carbocycles. The van der Waals surface area contributed by atoms with Crippen LogP contribution in [0.1, 0.15) is 24.4 Å². The molecular weight excluding hydrogens is 184 g/mol. The Balaban J connectivity index is 2.31. The Hall–Kier alpha value is -0.730. The minimum atomic E-state index is 0.0682. The quantitative estimate of drug-likeness (QED) is 0.714. The summed E-state index contributed by atoms with van der Waals surface area (Å²) in [6, 6.07) is 5.55. The van der Waals surface area contributed by atoms with E-state index in [1.165, 1.54) is 12.8 Å². The Bertz CT molecular complexity index is 321. The van der Waals surface area contributed by atoms with Crippen molar-refractivity contribution in [3.63, 3.8) is 0 Å². The number of benzene rings is 1. The molecule has 0 radical (unpaired) electrons. The van der Waals surface area contributed by atoms with E-state index in [0.717, 1.165) is 11.3 Å². The van der Waals surface area contributed by atoms with Crippen LogP contribution in [0.15, 0.2) is 18.2 Å². The first kappa shape index (κ1) is 8.85. The van der Waals surface area contributed by atoms with Gasteiger partial charge in [-0.1, -0.05) is 11.6 Å². The SMILES string of the molecule is Nc1ccc(Cl)cc1C(N)C1CC1. The van der Waals surface area contributed by atoms with Gasteiger partial charge in [-0.3, -0.25) is 0 Å². The average Bonchev–Trinajstić information content (AvgIpc) is 2.91. The monoisotopic (exact) mass is 196 g/mol. The summed E-state index contributed by atoms with van der Waals surface area (Å²) in [6.45, 7) is 0. The molecule has 1 aromatic rings. The second-order valence-electron chi connectivity index (χ2n) is 3.64. The fraction of sp³-hybridized carbons (Fsp3) is 0.400. The molecule has 0 aromatic heterocycles. The fourth-order valence-electron chi connectivity index (χ4n) is 1.54. The standard InChI is InChI=1S/C10H13ClN2/c11-7-3-4-9(12)8(5-7)10(13)6-1-2-6/h3-6,10H,1-2,12-13H2. The van der Waals surface area contributed by atoms with Crippen molar-refractivity contribution in [3.05, 3.63) is 28.8 Å². The maximum Gasteiger partial charge on any atom is 0.0410 e. The molecule has 1 aliphatic rings. The lowest BCUT2D eigenvalue weighted by Crippen LogP contribution is -2.14. The van der Waals surface area contributed by atoms with Crippen LogP contribution in [0.5, 0.6) is 0 Å². The number of hydrogen-bond acceptors (Lipinski definition) is 2. The molecule has 1 fully saturated rings. The highest BCUT2D eigenvalue weighted by molar-refractivity contribution is 6.30. The van der Waals surface area contributed by atoms with Crippen LogP contribution in [-0.4, -0.2) is 0 Å². The molecule has 2 rings (SSSR count). The second kappa shape index (κ2) is 3.20.